The van der Waals surface area contributed by atoms with E-state index >= 15 is 0 Å². The lowest BCUT2D eigenvalue weighted by Crippen LogP contribution is -2.76. The summed E-state index contributed by atoms with van der Waals surface area (Å²) in [5.41, 5.74) is 5.34. The van der Waals surface area contributed by atoms with E-state index in [4.69, 9.17) is 10.5 Å². The van der Waals surface area contributed by atoms with Crippen LogP contribution in [0.2, 0.25) is 0 Å². The molecule has 0 heterocycles. The Morgan fingerprint density at radius 3 is 2.67 bits per heavy atom. The molecule has 2 aliphatic rings. The Morgan fingerprint density at radius 2 is 2.10 bits per heavy atom. The first kappa shape index (κ1) is 17.1. The lowest BCUT2D eigenvalue weighted by atomic mass is 9.54. The Hall–Kier alpha value is -0.260. The molecule has 0 radical (unpaired) electrons. The summed E-state index contributed by atoms with van der Waals surface area (Å²) in [5, 5.41) is 3.78. The van der Waals surface area contributed by atoms with Gasteiger partial charge in [-0.15, -0.1) is 0 Å². The molecule has 0 saturated heterocycles. The predicted molar refractivity (Wildman–Crippen MR) is 88.4 cm³/mol. The van der Waals surface area contributed by atoms with Crippen molar-refractivity contribution in [1.29, 1.82) is 0 Å². The molecule has 122 valence electrons. The highest BCUT2D eigenvalue weighted by Crippen LogP contribution is 2.50. The lowest BCUT2D eigenvalue weighted by molar-refractivity contribution is -0.171. The normalized spacial score (nSPS) is 38.0. The molecule has 0 bridgehead atoms. The number of nitrogens with two attached hydrogens (primary N) is 1. The standard InChI is InChI=1S/C16H30N2O2S/c1-5-20-13-10-16(17,15(13,3)4)14(19)18-11-8-7-9-12(11)21-6-2/h11-13H,5-10,17H2,1-4H3,(H,18,19). The fraction of sp³-hybridized carbons (Fsp3) is 0.938. The SMILES string of the molecule is CCOC1CC(N)(C(=O)NC2CCCC2SCC)C1(C)C. The highest BCUT2D eigenvalue weighted by atomic mass is 32.2. The Kier molecular flexibility index (Phi) is 5.27. The molecule has 2 fully saturated rings. The Bertz CT molecular complexity index is 388. The van der Waals surface area contributed by atoms with Crippen LogP contribution in [0.3, 0.4) is 0 Å². The third-order valence-electron chi connectivity index (χ3n) is 5.38. The van der Waals surface area contributed by atoms with Crippen LogP contribution in [0.25, 0.3) is 0 Å². The second-order valence-corrected chi connectivity index (χ2v) is 8.36. The summed E-state index contributed by atoms with van der Waals surface area (Å²) in [4.78, 5) is 12.7. The molecule has 3 N–H and O–H groups in total. The van der Waals surface area contributed by atoms with E-state index in [1.54, 1.807) is 0 Å². The van der Waals surface area contributed by atoms with Gasteiger partial charge in [0.15, 0.2) is 0 Å². The van der Waals surface area contributed by atoms with Crippen LogP contribution in [0, 0.1) is 5.41 Å². The van der Waals surface area contributed by atoms with Gasteiger partial charge in [0, 0.05) is 29.7 Å². The maximum atomic E-state index is 12.7. The summed E-state index contributed by atoms with van der Waals surface area (Å²) in [5.74, 6) is 1.11. The molecular weight excluding hydrogens is 284 g/mol. The van der Waals surface area contributed by atoms with E-state index in [-0.39, 0.29) is 23.5 Å². The van der Waals surface area contributed by atoms with Gasteiger partial charge in [0.25, 0.3) is 0 Å². The van der Waals surface area contributed by atoms with E-state index in [1.165, 1.54) is 12.8 Å². The number of thioether (sulfide) groups is 1. The largest absolute Gasteiger partial charge is 0.378 e. The number of hydrogen-bond acceptors (Lipinski definition) is 4. The lowest BCUT2D eigenvalue weighted by Gasteiger charge is -2.57. The minimum Gasteiger partial charge on any atom is -0.378 e. The van der Waals surface area contributed by atoms with Gasteiger partial charge >= 0.3 is 0 Å². The van der Waals surface area contributed by atoms with Crippen LogP contribution in [-0.2, 0) is 9.53 Å². The van der Waals surface area contributed by atoms with Crippen molar-refractivity contribution in [2.45, 2.75) is 76.3 Å². The second-order valence-electron chi connectivity index (χ2n) is 6.85. The molecule has 2 saturated carbocycles. The molecular formula is C16H30N2O2S. The fourth-order valence-corrected chi connectivity index (χ4v) is 4.82. The van der Waals surface area contributed by atoms with Crippen LogP contribution in [0.4, 0.5) is 0 Å². The van der Waals surface area contributed by atoms with Gasteiger partial charge < -0.3 is 15.8 Å². The number of carbonyl (C=O) groups excluding carboxylic acids is 1. The van der Waals surface area contributed by atoms with Crippen molar-refractivity contribution in [3.05, 3.63) is 0 Å². The molecule has 4 nitrogen and oxygen atoms in total. The van der Waals surface area contributed by atoms with Gasteiger partial charge in [-0.3, -0.25) is 4.79 Å². The quantitative estimate of drug-likeness (QED) is 0.789. The first-order chi connectivity index (χ1) is 9.86. The van der Waals surface area contributed by atoms with Crippen molar-refractivity contribution >= 4 is 17.7 Å². The van der Waals surface area contributed by atoms with Gasteiger partial charge in [0.1, 0.15) is 5.54 Å². The van der Waals surface area contributed by atoms with Crippen molar-refractivity contribution in [2.75, 3.05) is 12.4 Å². The van der Waals surface area contributed by atoms with Crippen molar-refractivity contribution < 1.29 is 9.53 Å². The number of amides is 1. The maximum Gasteiger partial charge on any atom is 0.241 e. The maximum absolute atomic E-state index is 12.7. The van der Waals surface area contributed by atoms with E-state index in [9.17, 15) is 4.79 Å². The van der Waals surface area contributed by atoms with Crippen molar-refractivity contribution in [2.24, 2.45) is 11.1 Å². The Balaban J connectivity index is 1.97. The summed E-state index contributed by atoms with van der Waals surface area (Å²) < 4.78 is 5.70. The molecule has 4 unspecified atom stereocenters. The molecule has 0 aromatic carbocycles. The summed E-state index contributed by atoms with van der Waals surface area (Å²) >= 11 is 1.95. The van der Waals surface area contributed by atoms with Crippen LogP contribution >= 0.6 is 11.8 Å². The monoisotopic (exact) mass is 314 g/mol. The molecule has 0 aromatic rings. The average molecular weight is 314 g/mol. The minimum absolute atomic E-state index is 0.0112. The van der Waals surface area contributed by atoms with Gasteiger partial charge in [-0.05, 0) is 25.5 Å². The van der Waals surface area contributed by atoms with Gasteiger partial charge in [-0.25, -0.2) is 0 Å². The zero-order valence-electron chi connectivity index (χ0n) is 13.8. The molecule has 1 amide bonds. The second kappa shape index (κ2) is 6.47. The molecule has 4 atom stereocenters. The fourth-order valence-electron chi connectivity index (χ4n) is 3.62. The summed E-state index contributed by atoms with van der Waals surface area (Å²) in [6, 6.07) is 0.282. The van der Waals surface area contributed by atoms with Crippen LogP contribution in [0.5, 0.6) is 0 Å². The van der Waals surface area contributed by atoms with Gasteiger partial charge in [0.05, 0.1) is 6.10 Å². The van der Waals surface area contributed by atoms with Gasteiger partial charge in [-0.2, -0.15) is 11.8 Å². The van der Waals surface area contributed by atoms with Crippen molar-refractivity contribution in [1.82, 2.24) is 5.32 Å². The molecule has 2 aliphatic carbocycles. The van der Waals surface area contributed by atoms with E-state index in [0.29, 0.717) is 18.3 Å². The number of hydrogen-bond donors (Lipinski definition) is 2. The number of rotatable bonds is 6. The summed E-state index contributed by atoms with van der Waals surface area (Å²) in [6.45, 7) is 8.92. The minimum atomic E-state index is -0.795. The third-order valence-corrected chi connectivity index (χ3v) is 6.71. The van der Waals surface area contributed by atoms with E-state index in [2.05, 4.69) is 12.2 Å². The van der Waals surface area contributed by atoms with Gasteiger partial charge in [0.2, 0.25) is 5.91 Å². The van der Waals surface area contributed by atoms with Crippen LogP contribution in [-0.4, -0.2) is 41.2 Å². The highest BCUT2D eigenvalue weighted by Gasteiger charge is 2.63. The van der Waals surface area contributed by atoms with Gasteiger partial charge in [-0.1, -0.05) is 27.2 Å². The Labute approximate surface area is 132 Å². The molecule has 0 spiro atoms. The smallest absolute Gasteiger partial charge is 0.241 e. The average Bonchev–Trinajstić information content (AvgIpc) is 2.86. The third kappa shape index (κ3) is 2.97. The highest BCUT2D eigenvalue weighted by molar-refractivity contribution is 7.99. The van der Waals surface area contributed by atoms with E-state index < -0.39 is 5.54 Å². The topological polar surface area (TPSA) is 64.3 Å². The molecule has 0 aromatic heterocycles. The van der Waals surface area contributed by atoms with Crippen LogP contribution in [0.1, 0.15) is 53.4 Å². The summed E-state index contributed by atoms with van der Waals surface area (Å²) in [7, 11) is 0. The first-order valence-electron chi connectivity index (χ1n) is 8.19. The number of ether oxygens (including phenoxy) is 1. The van der Waals surface area contributed by atoms with Crippen LogP contribution < -0.4 is 11.1 Å². The molecule has 5 heteroatoms. The molecule has 2 rings (SSSR count). The van der Waals surface area contributed by atoms with E-state index in [0.717, 1.165) is 12.2 Å². The molecule has 0 aliphatic heterocycles. The Morgan fingerprint density at radius 1 is 1.38 bits per heavy atom. The first-order valence-corrected chi connectivity index (χ1v) is 9.24. The van der Waals surface area contributed by atoms with Crippen LogP contribution in [0.15, 0.2) is 0 Å². The predicted octanol–water partition coefficient (Wildman–Crippen LogP) is 2.31. The zero-order chi connectivity index (χ0) is 15.7. The summed E-state index contributed by atoms with van der Waals surface area (Å²) in [6.07, 6.45) is 4.19. The van der Waals surface area contributed by atoms with E-state index in [1.807, 2.05) is 32.5 Å². The zero-order valence-corrected chi connectivity index (χ0v) is 14.6. The number of carbonyl (C=O) groups is 1. The number of nitrogens with one attached hydrogen (secondary N) is 1. The molecule has 21 heavy (non-hydrogen) atoms. The van der Waals surface area contributed by atoms with Crippen molar-refractivity contribution in [3.63, 3.8) is 0 Å². The van der Waals surface area contributed by atoms with Crippen molar-refractivity contribution in [3.8, 4) is 0 Å².